The molecule has 0 fully saturated rings. The average Bonchev–Trinajstić information content (AvgIpc) is 3.44. The van der Waals surface area contributed by atoms with Gasteiger partial charge >= 0.3 is 24.3 Å². The van der Waals surface area contributed by atoms with E-state index in [0.29, 0.717) is 17.6 Å². The van der Waals surface area contributed by atoms with Crippen LogP contribution in [-0.4, -0.2) is 73.8 Å². The molecule has 332 valence electrons. The second-order valence-corrected chi connectivity index (χ2v) is 24.8. The smallest absolute Gasteiger partial charge is 0.412 e. The molecule has 59 heavy (non-hydrogen) atoms. The van der Waals surface area contributed by atoms with Crippen molar-refractivity contribution in [3.05, 3.63) is 80.3 Å². The zero-order valence-electron chi connectivity index (χ0n) is 35.8. The Morgan fingerprint density at radius 3 is 1.39 bits per heavy atom. The van der Waals surface area contributed by atoms with Gasteiger partial charge in [-0.25, -0.2) is 9.59 Å². The minimum Gasteiger partial charge on any atom is -0.507 e. The Bertz CT molecular complexity index is 2050. The summed E-state index contributed by atoms with van der Waals surface area (Å²) in [5.41, 5.74) is 6.21. The maximum atomic E-state index is 12.8. The molecule has 1 N–H and O–H groups in total. The van der Waals surface area contributed by atoms with E-state index in [4.69, 9.17) is 30.3 Å². The number of alkyl halides is 6. The maximum Gasteiger partial charge on any atom is 0.412 e. The molecule has 0 aromatic heterocycles. The Balaban J connectivity index is 0.000000344. The molecule has 2 aliphatic heterocycles. The Hall–Kier alpha value is -2.74. The number of halogens is 6. The molecule has 1 unspecified atom stereocenters. The minimum atomic E-state index is -4.53. The first-order valence-corrected chi connectivity index (χ1v) is 25.6. The Kier molecular flexibility index (Phi) is 17.7. The van der Waals surface area contributed by atoms with Gasteiger partial charge in [-0.15, -0.1) is 0 Å². The van der Waals surface area contributed by atoms with Crippen LogP contribution >= 0.6 is 12.8 Å². The van der Waals surface area contributed by atoms with Crippen LogP contribution < -0.4 is 0 Å². The highest BCUT2D eigenvalue weighted by atomic mass is 32.5. The number of hydrogen-bond acceptors (Lipinski definition) is 10. The fourth-order valence-electron chi connectivity index (χ4n) is 6.22. The van der Waals surface area contributed by atoms with Crippen LogP contribution in [0.15, 0.2) is 35.8 Å². The van der Waals surface area contributed by atoms with Crippen molar-refractivity contribution in [3.63, 3.8) is 0 Å². The molecule has 0 aliphatic carbocycles. The van der Waals surface area contributed by atoms with Gasteiger partial charge in [0, 0.05) is 6.66 Å². The largest absolute Gasteiger partial charge is 0.507 e. The second-order valence-electron chi connectivity index (χ2n) is 15.4. The molecule has 2 aromatic rings. The molecule has 4 rings (SSSR count). The molecule has 1 atom stereocenters. The number of hydrogen-bond donors (Lipinski definition) is 1. The van der Waals surface area contributed by atoms with E-state index in [-0.39, 0.29) is 17.1 Å². The van der Waals surface area contributed by atoms with Crippen LogP contribution in [0.2, 0.25) is 0 Å². The predicted molar refractivity (Wildman–Crippen MR) is 228 cm³/mol. The van der Waals surface area contributed by atoms with Crippen LogP contribution in [0.4, 0.5) is 26.3 Å². The Morgan fingerprint density at radius 1 is 0.661 bits per heavy atom. The molecule has 8 nitrogen and oxygen atoms in total. The quantitative estimate of drug-likeness (QED) is 0.126. The number of ether oxygens (including phenoxy) is 2. The van der Waals surface area contributed by atoms with Crippen molar-refractivity contribution in [2.45, 2.75) is 118 Å². The summed E-state index contributed by atoms with van der Waals surface area (Å²) in [6.07, 6.45) is -7.66. The predicted octanol–water partition coefficient (Wildman–Crippen LogP) is 11.6. The molecule has 18 heteroatoms. The number of benzene rings is 2. The van der Waals surface area contributed by atoms with E-state index >= 15 is 0 Å². The number of carbonyl (C=O) groups excluding carboxylic acids is 2. The highest BCUT2D eigenvalue weighted by Gasteiger charge is 2.46. The van der Waals surface area contributed by atoms with Gasteiger partial charge in [-0.1, -0.05) is 63.8 Å². The molecule has 0 bridgehead atoms. The lowest BCUT2D eigenvalue weighted by molar-refractivity contribution is -0.153. The monoisotopic (exact) mass is 916 g/mol. The van der Waals surface area contributed by atoms with E-state index in [1.165, 1.54) is 25.6 Å². The third kappa shape index (κ3) is 15.0. The third-order valence-electron chi connectivity index (χ3n) is 8.98. The summed E-state index contributed by atoms with van der Waals surface area (Å²) in [6, 6.07) is 8.20. The van der Waals surface area contributed by atoms with Crippen LogP contribution in [0, 0.1) is 13.8 Å². The average molecular weight is 917 g/mol. The minimum absolute atomic E-state index is 0.0320. The van der Waals surface area contributed by atoms with E-state index in [2.05, 4.69) is 42.3 Å². The van der Waals surface area contributed by atoms with Gasteiger partial charge in [-0.2, -0.15) is 26.3 Å². The molecular formula is C41H56F6O8P2S2. The number of cyclic esters (lactones) is 2. The van der Waals surface area contributed by atoms with Crippen LogP contribution in [-0.2, 0) is 81.9 Å². The lowest BCUT2D eigenvalue weighted by atomic mass is 9.89. The fourth-order valence-corrected chi connectivity index (χ4v) is 8.29. The van der Waals surface area contributed by atoms with E-state index in [0.717, 1.165) is 52.6 Å². The Labute approximate surface area is 354 Å². The SMILES string of the molecule is CCc1cc(C)c(C2=C(O)C(C)(C)OC2=O)c(CC)c1.CCc1cc(C)c(C2=C(OP(C)(=S)OCC(F)(F)F)C(C)(C)OC2=O)c(CC)c1.CP(C)(=S)OCC(F)(F)F. The number of carbonyl (C=O) groups is 2. The van der Waals surface area contributed by atoms with Crippen LogP contribution in [0.5, 0.6) is 0 Å². The van der Waals surface area contributed by atoms with E-state index in [1.807, 2.05) is 39.8 Å². The summed E-state index contributed by atoms with van der Waals surface area (Å²) in [6.45, 7) is 16.9. The summed E-state index contributed by atoms with van der Waals surface area (Å²) in [5.74, 6) is -0.866. The van der Waals surface area contributed by atoms with Crippen molar-refractivity contribution >= 4 is 59.5 Å². The Morgan fingerprint density at radius 2 is 1.05 bits per heavy atom. The summed E-state index contributed by atoms with van der Waals surface area (Å²) >= 11 is 9.83. The summed E-state index contributed by atoms with van der Waals surface area (Å²) in [5, 5.41) is 10.3. The fraction of sp³-hybridized carbons (Fsp3) is 0.561. The van der Waals surface area contributed by atoms with Gasteiger partial charge in [-0.05, 0) is 137 Å². The zero-order valence-corrected chi connectivity index (χ0v) is 39.3. The highest BCUT2D eigenvalue weighted by Crippen LogP contribution is 2.53. The molecule has 0 saturated heterocycles. The number of rotatable bonds is 12. The van der Waals surface area contributed by atoms with Gasteiger partial charge in [0.05, 0.1) is 6.26 Å². The number of aliphatic hydroxyl groups excluding tert-OH is 1. The molecule has 0 saturated carbocycles. The molecule has 0 amide bonds. The standard InChI is InChI=1S/C20H26F3O4PS.C17H22O3.C4H8F3OPS/c1-7-13-9-12(3)15(14(8-2)10-13)16-17(19(4,5)26-18(16)24)27-28(6,29)25-11-20(21,22)23;1-6-11-8-10(3)13(12(7-2)9-11)14-15(18)17(4,5)20-16(14)19;1-9(2,10)8-3-4(5,6)7/h9-10H,7-8,11H2,1-6H3;8-9,18H,6-7H2,1-5H3;3H2,1-2H3. The second kappa shape index (κ2) is 20.0. The number of esters is 2. The normalized spacial score (nSPS) is 17.4. The van der Waals surface area contributed by atoms with Crippen molar-refractivity contribution in [2.75, 3.05) is 33.2 Å². The molecular weight excluding hydrogens is 861 g/mol. The molecule has 2 aromatic carbocycles. The van der Waals surface area contributed by atoms with Crippen molar-refractivity contribution in [1.82, 2.24) is 0 Å². The molecule has 0 spiro atoms. The first-order chi connectivity index (χ1) is 26.7. The molecule has 2 heterocycles. The lowest BCUT2D eigenvalue weighted by Gasteiger charge is -2.27. The van der Waals surface area contributed by atoms with E-state index in [9.17, 15) is 41.0 Å². The van der Waals surface area contributed by atoms with Gasteiger partial charge in [-0.3, -0.25) is 0 Å². The maximum absolute atomic E-state index is 12.8. The number of aliphatic hydroxyl groups is 1. The van der Waals surface area contributed by atoms with E-state index < -0.39 is 61.5 Å². The van der Waals surface area contributed by atoms with Gasteiger partial charge in [0.1, 0.15) is 17.8 Å². The van der Waals surface area contributed by atoms with Crippen LogP contribution in [0.3, 0.4) is 0 Å². The third-order valence-corrected chi connectivity index (χ3v) is 11.7. The van der Waals surface area contributed by atoms with Crippen LogP contribution in [0.1, 0.15) is 99.9 Å². The van der Waals surface area contributed by atoms with Crippen molar-refractivity contribution in [3.8, 4) is 0 Å². The van der Waals surface area contributed by atoms with Crippen molar-refractivity contribution in [2.24, 2.45) is 0 Å². The topological polar surface area (TPSA) is 101 Å². The zero-order chi connectivity index (χ0) is 45.7. The highest BCUT2D eigenvalue weighted by molar-refractivity contribution is 8.11. The van der Waals surface area contributed by atoms with Crippen LogP contribution in [0.25, 0.3) is 11.1 Å². The van der Waals surface area contributed by atoms with Crippen molar-refractivity contribution in [1.29, 1.82) is 0 Å². The summed E-state index contributed by atoms with van der Waals surface area (Å²) in [4.78, 5) is 24.9. The van der Waals surface area contributed by atoms with Gasteiger partial charge in [0.25, 0.3) is 0 Å². The van der Waals surface area contributed by atoms with Gasteiger partial charge in [0.2, 0.25) is 6.49 Å². The lowest BCUT2D eigenvalue weighted by Crippen LogP contribution is -2.24. The molecule has 2 aliphatic rings. The van der Waals surface area contributed by atoms with Gasteiger partial charge in [0.15, 0.2) is 29.3 Å². The first-order valence-electron chi connectivity index (χ1n) is 18.9. The van der Waals surface area contributed by atoms with Gasteiger partial charge < -0.3 is 28.2 Å². The first kappa shape index (κ1) is 52.4. The number of aryl methyl sites for hydroxylation is 6. The summed E-state index contributed by atoms with van der Waals surface area (Å²) < 4.78 is 97.9. The van der Waals surface area contributed by atoms with Crippen molar-refractivity contribution < 1.29 is 64.1 Å². The summed E-state index contributed by atoms with van der Waals surface area (Å²) in [7, 11) is 0. The molecule has 0 radical (unpaired) electrons. The van der Waals surface area contributed by atoms with E-state index in [1.54, 1.807) is 27.7 Å².